The third kappa shape index (κ3) is 23.4. The molecular weight excluding hydrogens is 377 g/mol. The van der Waals surface area contributed by atoms with Crippen molar-refractivity contribution in [2.24, 2.45) is 0 Å². The van der Waals surface area contributed by atoms with Crippen molar-refractivity contribution in [1.82, 2.24) is 9.80 Å². The Hall–Kier alpha value is 1.40. The molecule has 122 valence electrons. The molecule has 0 aliphatic rings. The predicted octanol–water partition coefficient (Wildman–Crippen LogP) is -13.9. The van der Waals surface area contributed by atoms with Crippen LogP contribution in [0.5, 0.6) is 0 Å². The molecule has 0 aromatic rings. The maximum absolute atomic E-state index is 10.5. The molecule has 0 unspecified atom stereocenters. The Balaban J connectivity index is -0.000000301. The van der Waals surface area contributed by atoms with E-state index in [4.69, 9.17) is 10.2 Å². The van der Waals surface area contributed by atoms with Gasteiger partial charge in [-0.3, -0.25) is 19.4 Å². The fourth-order valence-corrected chi connectivity index (χ4v) is 1.46. The van der Waals surface area contributed by atoms with E-state index in [1.54, 1.807) is 0 Å². The maximum atomic E-state index is 10.5. The Morgan fingerprint density at radius 2 is 0.958 bits per heavy atom. The van der Waals surface area contributed by atoms with Gasteiger partial charge in [0.05, 0.1) is 25.0 Å². The predicted molar refractivity (Wildman–Crippen MR) is 60.1 cm³/mol. The van der Waals surface area contributed by atoms with E-state index < -0.39 is 50.1 Å². The molecular formula is C10H15KN2Na2O9. The van der Waals surface area contributed by atoms with Crippen LogP contribution in [-0.4, -0.2) is 88.6 Å². The Morgan fingerprint density at radius 3 is 1.17 bits per heavy atom. The number of carbonyl (C=O) groups is 4. The van der Waals surface area contributed by atoms with Crippen LogP contribution >= 0.6 is 0 Å². The third-order valence-corrected chi connectivity index (χ3v) is 2.16. The van der Waals surface area contributed by atoms with Crippen molar-refractivity contribution in [2.75, 3.05) is 39.3 Å². The average Bonchev–Trinajstić information content (AvgIpc) is 2.22. The Bertz CT molecular complexity index is 333. The molecule has 0 rings (SSSR count). The Morgan fingerprint density at radius 1 is 0.708 bits per heavy atom. The number of hydrogen-bond acceptors (Lipinski definition) is 9. The average molecular weight is 392 g/mol. The van der Waals surface area contributed by atoms with Crippen LogP contribution in [0, 0.1) is 0 Å². The van der Waals surface area contributed by atoms with Crippen LogP contribution in [0.1, 0.15) is 0 Å². The van der Waals surface area contributed by atoms with Gasteiger partial charge < -0.3 is 35.5 Å². The fraction of sp³-hybridized carbons (Fsp3) is 0.600. The number of carboxylic acid groups (broad SMARTS) is 4. The van der Waals surface area contributed by atoms with Crippen molar-refractivity contribution in [1.29, 1.82) is 0 Å². The van der Waals surface area contributed by atoms with E-state index in [0.717, 1.165) is 9.80 Å². The second kappa shape index (κ2) is 20.7. The smallest absolute Gasteiger partial charge is 0.870 e. The van der Waals surface area contributed by atoms with Gasteiger partial charge in [-0.25, -0.2) is 0 Å². The molecule has 0 aromatic heterocycles. The molecule has 0 spiro atoms. The van der Waals surface area contributed by atoms with Crippen molar-refractivity contribution in [2.45, 2.75) is 0 Å². The number of rotatable bonds is 11. The second-order valence-electron chi connectivity index (χ2n) is 3.95. The van der Waals surface area contributed by atoms with Gasteiger partial charge in [0.15, 0.2) is 0 Å². The topological polar surface area (TPSA) is 191 Å². The van der Waals surface area contributed by atoms with Crippen molar-refractivity contribution >= 4 is 23.9 Å². The Kier molecular flexibility index (Phi) is 31.3. The zero-order valence-electron chi connectivity index (χ0n) is 13.9. The number of nitrogens with zero attached hydrogens (tertiary/aromatic N) is 2. The van der Waals surface area contributed by atoms with Gasteiger partial charge in [-0.1, -0.05) is 0 Å². The van der Waals surface area contributed by atoms with Crippen LogP contribution in [0.15, 0.2) is 0 Å². The van der Waals surface area contributed by atoms with E-state index in [-0.39, 0.29) is 129 Å². The Labute approximate surface area is 225 Å². The molecule has 3 N–H and O–H groups in total. The summed E-state index contributed by atoms with van der Waals surface area (Å²) < 4.78 is 0. The van der Waals surface area contributed by atoms with E-state index in [1.165, 1.54) is 0 Å². The van der Waals surface area contributed by atoms with Crippen LogP contribution in [0.25, 0.3) is 0 Å². The molecule has 0 aromatic carbocycles. The maximum Gasteiger partial charge on any atom is 1.00 e. The van der Waals surface area contributed by atoms with Gasteiger partial charge in [0, 0.05) is 26.2 Å². The monoisotopic (exact) mass is 392 g/mol. The normalized spacial score (nSPS) is 8.92. The van der Waals surface area contributed by atoms with E-state index in [9.17, 15) is 29.4 Å². The van der Waals surface area contributed by atoms with Gasteiger partial charge in [0.1, 0.15) is 0 Å². The molecule has 0 atom stereocenters. The van der Waals surface area contributed by atoms with Gasteiger partial charge in [-0.05, 0) is 0 Å². The molecule has 0 saturated heterocycles. The van der Waals surface area contributed by atoms with Crippen LogP contribution in [0.4, 0.5) is 0 Å². The molecule has 14 heteroatoms. The largest absolute Gasteiger partial charge is 1.00 e. The molecule has 0 heterocycles. The van der Waals surface area contributed by atoms with E-state index >= 15 is 0 Å². The minimum atomic E-state index is -1.51. The van der Waals surface area contributed by atoms with Crippen molar-refractivity contribution < 1.29 is 156 Å². The van der Waals surface area contributed by atoms with E-state index in [0.29, 0.717) is 0 Å². The van der Waals surface area contributed by atoms with Crippen LogP contribution < -0.4 is 121 Å². The van der Waals surface area contributed by atoms with Gasteiger partial charge >= 0.3 is 122 Å². The fourth-order valence-electron chi connectivity index (χ4n) is 1.46. The third-order valence-electron chi connectivity index (χ3n) is 2.16. The van der Waals surface area contributed by atoms with Gasteiger partial charge in [-0.15, -0.1) is 0 Å². The molecule has 0 saturated carbocycles. The van der Waals surface area contributed by atoms with Crippen LogP contribution in [0.3, 0.4) is 0 Å². The SMILES string of the molecule is O=C([O-])CN(CCN(CC(=O)O)CC(=O)O)CC(=O)[O-].[K+].[Na+].[Na+].[OH-]. The quantitative estimate of drug-likeness (QED) is 0.317. The minimum absolute atomic E-state index is 0. The molecule has 24 heavy (non-hydrogen) atoms. The summed E-state index contributed by atoms with van der Waals surface area (Å²) in [6.45, 7) is -2.75. The second-order valence-corrected chi connectivity index (χ2v) is 3.95. The molecule has 0 bridgehead atoms. The van der Waals surface area contributed by atoms with Crippen molar-refractivity contribution in [3.05, 3.63) is 0 Å². The van der Waals surface area contributed by atoms with Gasteiger partial charge in [0.25, 0.3) is 0 Å². The summed E-state index contributed by atoms with van der Waals surface area (Å²) in [5.41, 5.74) is 0. The van der Waals surface area contributed by atoms with Crippen LogP contribution in [0.2, 0.25) is 0 Å². The van der Waals surface area contributed by atoms with Crippen molar-refractivity contribution in [3.63, 3.8) is 0 Å². The molecule has 0 fully saturated rings. The summed E-state index contributed by atoms with van der Waals surface area (Å²) in [6, 6.07) is 0. The minimum Gasteiger partial charge on any atom is -0.870 e. The summed E-state index contributed by atoms with van der Waals surface area (Å²) in [7, 11) is 0. The molecule has 0 aliphatic heterocycles. The van der Waals surface area contributed by atoms with Gasteiger partial charge in [0.2, 0.25) is 0 Å². The van der Waals surface area contributed by atoms with E-state index in [2.05, 4.69) is 0 Å². The molecule has 0 radical (unpaired) electrons. The number of carboxylic acids is 4. The number of carbonyl (C=O) groups excluding carboxylic acids is 2. The summed E-state index contributed by atoms with van der Waals surface area (Å²) in [4.78, 5) is 43.9. The number of hydrogen-bond donors (Lipinski definition) is 2. The zero-order chi connectivity index (χ0) is 15.7. The molecule has 0 aliphatic carbocycles. The summed E-state index contributed by atoms with van der Waals surface area (Å²) in [5, 5.41) is 38.0. The first-order valence-electron chi connectivity index (χ1n) is 5.48. The standard InChI is InChI=1S/C10H16N2O8.K.2Na.H2O/c13-7(14)3-11(4-8(15)16)1-2-12(5-9(17)18)6-10(19)20;;;;/h1-6H2,(H,13,14)(H,15,16)(H,17,18)(H,19,20);;;;1H2/q;3*+1;/p-3. The van der Waals surface area contributed by atoms with Crippen LogP contribution in [-0.2, 0) is 19.2 Å². The molecule has 11 nitrogen and oxygen atoms in total. The first kappa shape index (κ1) is 36.3. The molecule has 0 amide bonds. The number of aliphatic carboxylic acids is 4. The summed E-state index contributed by atoms with van der Waals surface area (Å²) in [5.74, 6) is -5.52. The summed E-state index contributed by atoms with van der Waals surface area (Å²) >= 11 is 0. The summed E-state index contributed by atoms with van der Waals surface area (Å²) in [6.07, 6.45) is 0. The zero-order valence-corrected chi connectivity index (χ0v) is 21.1. The van der Waals surface area contributed by atoms with E-state index in [1.807, 2.05) is 0 Å². The van der Waals surface area contributed by atoms with Crippen molar-refractivity contribution in [3.8, 4) is 0 Å². The van der Waals surface area contributed by atoms with Gasteiger partial charge in [-0.2, -0.15) is 0 Å². The first-order chi connectivity index (χ1) is 9.20. The first-order valence-corrected chi connectivity index (χ1v) is 5.48.